The number of amides is 2. The number of piperidine rings is 1. The molecule has 1 aromatic carbocycles. The number of benzene rings is 1. The zero-order valence-corrected chi connectivity index (χ0v) is 16.7. The predicted molar refractivity (Wildman–Crippen MR) is 108 cm³/mol. The van der Waals surface area contributed by atoms with Crippen LogP contribution in [-0.4, -0.2) is 42.4 Å². The van der Waals surface area contributed by atoms with Crippen molar-refractivity contribution in [2.24, 2.45) is 0 Å². The van der Waals surface area contributed by atoms with Crippen LogP contribution in [0.1, 0.15) is 58.4 Å². The number of rotatable bonds is 7. The Morgan fingerprint density at radius 3 is 2.54 bits per heavy atom. The molecule has 144 valence electrons. The molecule has 1 aliphatic heterocycles. The number of hydrogen-bond donors (Lipinski definition) is 1. The van der Waals surface area contributed by atoms with Crippen molar-refractivity contribution in [1.29, 1.82) is 0 Å². The zero-order valence-electron chi connectivity index (χ0n) is 16.7. The van der Waals surface area contributed by atoms with Gasteiger partial charge in [-0.05, 0) is 70.2 Å². The molecule has 5 heteroatoms. The Morgan fingerprint density at radius 2 is 1.92 bits per heavy atom. The van der Waals surface area contributed by atoms with E-state index in [-0.39, 0.29) is 18.2 Å². The number of carbonyl (C=O) groups is 2. The molecule has 1 aromatic rings. The number of carbonyl (C=O) groups excluding carboxylic acids is 2. The van der Waals surface area contributed by atoms with E-state index in [9.17, 15) is 9.59 Å². The highest BCUT2D eigenvalue weighted by atomic mass is 16.2. The van der Waals surface area contributed by atoms with E-state index < -0.39 is 0 Å². The first-order chi connectivity index (χ1) is 12.5. The molecule has 1 atom stereocenters. The second-order valence-electron chi connectivity index (χ2n) is 7.04. The van der Waals surface area contributed by atoms with Crippen LogP contribution in [0.5, 0.6) is 0 Å². The lowest BCUT2D eigenvalue weighted by Gasteiger charge is -2.35. The lowest BCUT2D eigenvalue weighted by atomic mass is 9.99. The Hall–Kier alpha value is -2.04. The summed E-state index contributed by atoms with van der Waals surface area (Å²) in [6.45, 7) is 11.0. The average Bonchev–Trinajstić information content (AvgIpc) is 2.64. The third kappa shape index (κ3) is 4.99. The molecule has 5 nitrogen and oxygen atoms in total. The molecule has 1 unspecified atom stereocenters. The van der Waals surface area contributed by atoms with Crippen molar-refractivity contribution in [1.82, 2.24) is 4.90 Å². The second-order valence-corrected chi connectivity index (χ2v) is 7.04. The third-order valence-electron chi connectivity index (χ3n) is 5.34. The number of aryl methyl sites for hydroxylation is 1. The highest BCUT2D eigenvalue weighted by Gasteiger charge is 2.26. The molecule has 2 amide bonds. The molecule has 0 spiro atoms. The van der Waals surface area contributed by atoms with E-state index >= 15 is 0 Å². The second kappa shape index (κ2) is 9.60. The monoisotopic (exact) mass is 359 g/mol. The van der Waals surface area contributed by atoms with Crippen LogP contribution < -0.4 is 10.2 Å². The number of hydrogen-bond acceptors (Lipinski definition) is 3. The van der Waals surface area contributed by atoms with Gasteiger partial charge in [0.2, 0.25) is 11.8 Å². The Morgan fingerprint density at radius 1 is 1.19 bits per heavy atom. The Bertz CT molecular complexity index is 626. The van der Waals surface area contributed by atoms with Crippen LogP contribution in [0.25, 0.3) is 0 Å². The number of nitrogens with zero attached hydrogens (tertiary/aromatic N) is 2. The van der Waals surface area contributed by atoms with Gasteiger partial charge in [0.05, 0.1) is 0 Å². The fourth-order valence-corrected chi connectivity index (χ4v) is 3.76. The van der Waals surface area contributed by atoms with Crippen LogP contribution in [0.3, 0.4) is 0 Å². The fourth-order valence-electron chi connectivity index (χ4n) is 3.76. The third-order valence-corrected chi connectivity index (χ3v) is 5.34. The molecular formula is C21H33N3O2. The van der Waals surface area contributed by atoms with Crippen LogP contribution >= 0.6 is 0 Å². The zero-order chi connectivity index (χ0) is 19.1. The minimum absolute atomic E-state index is 0.0496. The summed E-state index contributed by atoms with van der Waals surface area (Å²) in [5, 5.41) is 2.91. The van der Waals surface area contributed by atoms with Gasteiger partial charge in [0.25, 0.3) is 0 Å². The van der Waals surface area contributed by atoms with Gasteiger partial charge >= 0.3 is 0 Å². The maximum atomic E-state index is 12.5. The standard InChI is InChI=1S/C21H33N3O2/c1-5-17-10-8-9-13-24(17)21(26)15-20(25)22-19-12-11-18(14-16(19)4)23(6-2)7-3/h11-12,14,17H,5-10,13,15H2,1-4H3,(H,22,25). The molecular weight excluding hydrogens is 326 g/mol. The molecule has 26 heavy (non-hydrogen) atoms. The molecule has 0 aliphatic carbocycles. The van der Waals surface area contributed by atoms with Crippen molar-refractivity contribution >= 4 is 23.2 Å². The highest BCUT2D eigenvalue weighted by molar-refractivity contribution is 6.04. The average molecular weight is 360 g/mol. The van der Waals surface area contributed by atoms with Crippen LogP contribution in [0.2, 0.25) is 0 Å². The van der Waals surface area contributed by atoms with Crippen molar-refractivity contribution < 1.29 is 9.59 Å². The van der Waals surface area contributed by atoms with E-state index in [0.717, 1.165) is 55.8 Å². The van der Waals surface area contributed by atoms with Gasteiger partial charge < -0.3 is 15.1 Å². The first-order valence-electron chi connectivity index (χ1n) is 9.95. The number of anilines is 2. The predicted octanol–water partition coefficient (Wildman–Crippen LogP) is 3.96. The summed E-state index contributed by atoms with van der Waals surface area (Å²) in [5.41, 5.74) is 2.95. The SMILES string of the molecule is CCC1CCCCN1C(=O)CC(=O)Nc1ccc(N(CC)CC)cc1C. The van der Waals surface area contributed by atoms with E-state index in [1.165, 1.54) is 6.42 Å². The minimum atomic E-state index is -0.228. The van der Waals surface area contributed by atoms with Crippen LogP contribution in [-0.2, 0) is 9.59 Å². The molecule has 2 rings (SSSR count). The molecule has 0 radical (unpaired) electrons. The quantitative estimate of drug-likeness (QED) is 0.750. The van der Waals surface area contributed by atoms with Gasteiger partial charge in [-0.15, -0.1) is 0 Å². The van der Waals surface area contributed by atoms with Gasteiger partial charge in [-0.25, -0.2) is 0 Å². The van der Waals surface area contributed by atoms with E-state index in [1.807, 2.05) is 24.0 Å². The molecule has 1 N–H and O–H groups in total. The van der Waals surface area contributed by atoms with Crippen molar-refractivity contribution in [3.05, 3.63) is 23.8 Å². The highest BCUT2D eigenvalue weighted by Crippen LogP contribution is 2.24. The van der Waals surface area contributed by atoms with Crippen molar-refractivity contribution in [3.63, 3.8) is 0 Å². The Labute approximate surface area is 157 Å². The molecule has 0 aromatic heterocycles. The topological polar surface area (TPSA) is 52.7 Å². The van der Waals surface area contributed by atoms with E-state index in [0.29, 0.717) is 6.04 Å². The lowest BCUT2D eigenvalue weighted by molar-refractivity contribution is -0.137. The van der Waals surface area contributed by atoms with Crippen LogP contribution in [0, 0.1) is 6.92 Å². The molecule has 1 aliphatic rings. The molecule has 0 saturated carbocycles. The maximum absolute atomic E-state index is 12.5. The Kier molecular flexibility index (Phi) is 7.49. The first kappa shape index (κ1) is 20.3. The van der Waals surface area contributed by atoms with Crippen LogP contribution in [0.15, 0.2) is 18.2 Å². The van der Waals surface area contributed by atoms with Gasteiger partial charge in [0, 0.05) is 37.1 Å². The summed E-state index contributed by atoms with van der Waals surface area (Å²) in [4.78, 5) is 29.1. The molecule has 1 saturated heterocycles. The summed E-state index contributed by atoms with van der Waals surface area (Å²) in [6, 6.07) is 6.33. The van der Waals surface area contributed by atoms with Gasteiger partial charge in [-0.3, -0.25) is 9.59 Å². The van der Waals surface area contributed by atoms with E-state index in [1.54, 1.807) is 0 Å². The summed E-state index contributed by atoms with van der Waals surface area (Å²) in [7, 11) is 0. The summed E-state index contributed by atoms with van der Waals surface area (Å²) in [5.74, 6) is -0.277. The van der Waals surface area contributed by atoms with E-state index in [2.05, 4.69) is 37.1 Å². The van der Waals surface area contributed by atoms with Gasteiger partial charge in [0.1, 0.15) is 6.42 Å². The number of nitrogens with one attached hydrogen (secondary N) is 1. The summed E-state index contributed by atoms with van der Waals surface area (Å²) < 4.78 is 0. The molecule has 1 fully saturated rings. The van der Waals surface area contributed by atoms with Crippen molar-refractivity contribution in [3.8, 4) is 0 Å². The molecule has 1 heterocycles. The molecule has 0 bridgehead atoms. The fraction of sp³-hybridized carbons (Fsp3) is 0.619. The largest absolute Gasteiger partial charge is 0.372 e. The Balaban J connectivity index is 1.97. The lowest BCUT2D eigenvalue weighted by Crippen LogP contribution is -2.44. The van der Waals surface area contributed by atoms with Crippen molar-refractivity contribution in [2.75, 3.05) is 29.9 Å². The minimum Gasteiger partial charge on any atom is -0.372 e. The number of likely N-dealkylation sites (tertiary alicyclic amines) is 1. The first-order valence-corrected chi connectivity index (χ1v) is 9.95. The van der Waals surface area contributed by atoms with Gasteiger partial charge in [-0.1, -0.05) is 6.92 Å². The summed E-state index contributed by atoms with van der Waals surface area (Å²) in [6.07, 6.45) is 4.14. The normalized spacial score (nSPS) is 17.1. The maximum Gasteiger partial charge on any atom is 0.233 e. The van der Waals surface area contributed by atoms with E-state index in [4.69, 9.17) is 0 Å². The summed E-state index contributed by atoms with van der Waals surface area (Å²) >= 11 is 0. The van der Waals surface area contributed by atoms with Crippen molar-refractivity contribution in [2.45, 2.75) is 65.8 Å². The van der Waals surface area contributed by atoms with Gasteiger partial charge in [-0.2, -0.15) is 0 Å². The van der Waals surface area contributed by atoms with Crippen LogP contribution in [0.4, 0.5) is 11.4 Å². The van der Waals surface area contributed by atoms with Gasteiger partial charge in [0.15, 0.2) is 0 Å². The smallest absolute Gasteiger partial charge is 0.233 e.